The van der Waals surface area contributed by atoms with E-state index in [1.165, 1.54) is 25.5 Å². The Balaban J connectivity index is 1.94. The zero-order valence-corrected chi connectivity index (χ0v) is 13.2. The van der Waals surface area contributed by atoms with Crippen LogP contribution in [0, 0.1) is 6.92 Å². The number of hydrazone groups is 1. The molecule has 0 aliphatic carbocycles. The molecule has 0 radical (unpaired) electrons. The van der Waals surface area contributed by atoms with Crippen molar-refractivity contribution in [2.24, 2.45) is 5.10 Å². The van der Waals surface area contributed by atoms with Gasteiger partial charge in [0, 0.05) is 11.3 Å². The van der Waals surface area contributed by atoms with Crippen molar-refractivity contribution in [2.75, 3.05) is 12.4 Å². The highest BCUT2D eigenvalue weighted by molar-refractivity contribution is 6.39. The quantitative estimate of drug-likeness (QED) is 0.453. The Kier molecular flexibility index (Phi) is 5.51. The van der Waals surface area contributed by atoms with Crippen LogP contribution in [0.3, 0.4) is 0 Å². The van der Waals surface area contributed by atoms with Crippen molar-refractivity contribution in [2.45, 2.75) is 6.92 Å². The van der Waals surface area contributed by atoms with Crippen molar-refractivity contribution >= 4 is 23.7 Å². The van der Waals surface area contributed by atoms with Crippen LogP contribution in [-0.4, -0.2) is 30.2 Å². The zero-order chi connectivity index (χ0) is 17.5. The van der Waals surface area contributed by atoms with E-state index in [0.717, 1.165) is 5.56 Å². The lowest BCUT2D eigenvalue weighted by molar-refractivity contribution is -0.136. The molecule has 2 amide bonds. The summed E-state index contributed by atoms with van der Waals surface area (Å²) in [5, 5.41) is 15.8. The van der Waals surface area contributed by atoms with E-state index in [-0.39, 0.29) is 5.75 Å². The first-order chi connectivity index (χ1) is 11.5. The van der Waals surface area contributed by atoms with Gasteiger partial charge in [-0.3, -0.25) is 9.59 Å². The Bertz CT molecular complexity index is 770. The highest BCUT2D eigenvalue weighted by Gasteiger charge is 2.12. The van der Waals surface area contributed by atoms with E-state index in [4.69, 9.17) is 4.74 Å². The van der Waals surface area contributed by atoms with E-state index in [1.807, 2.05) is 19.1 Å². The lowest BCUT2D eigenvalue weighted by Crippen LogP contribution is -2.32. The number of hydrogen-bond donors (Lipinski definition) is 3. The number of methoxy groups -OCH3 is 1. The number of benzene rings is 2. The van der Waals surface area contributed by atoms with Crippen molar-refractivity contribution < 1.29 is 19.4 Å². The summed E-state index contributed by atoms with van der Waals surface area (Å²) in [4.78, 5) is 23.4. The lowest BCUT2D eigenvalue weighted by Gasteiger charge is -2.05. The van der Waals surface area contributed by atoms with Crippen LogP contribution in [0.4, 0.5) is 5.69 Å². The van der Waals surface area contributed by atoms with E-state index in [9.17, 15) is 14.7 Å². The molecule has 0 aliphatic heterocycles. The van der Waals surface area contributed by atoms with E-state index in [0.29, 0.717) is 17.0 Å². The third kappa shape index (κ3) is 4.57. The molecule has 0 saturated carbocycles. The van der Waals surface area contributed by atoms with Crippen molar-refractivity contribution in [1.29, 1.82) is 0 Å². The number of rotatable bonds is 4. The predicted molar refractivity (Wildman–Crippen MR) is 90.2 cm³/mol. The number of carbonyl (C=O) groups excluding carboxylic acids is 2. The number of hydrogen-bond acceptors (Lipinski definition) is 5. The monoisotopic (exact) mass is 327 g/mol. The van der Waals surface area contributed by atoms with Gasteiger partial charge in [-0.05, 0) is 37.3 Å². The van der Waals surface area contributed by atoms with Gasteiger partial charge in [0.15, 0.2) is 0 Å². The number of phenolic OH excluding ortho intramolecular Hbond substituents is 1. The first-order valence-electron chi connectivity index (χ1n) is 7.07. The molecule has 0 atom stereocenters. The maximum atomic E-state index is 11.7. The van der Waals surface area contributed by atoms with Gasteiger partial charge in [0.2, 0.25) is 0 Å². The summed E-state index contributed by atoms with van der Waals surface area (Å²) in [6, 6.07) is 11.6. The van der Waals surface area contributed by atoms with Gasteiger partial charge in [-0.15, -0.1) is 0 Å². The van der Waals surface area contributed by atoms with Gasteiger partial charge in [0.25, 0.3) is 0 Å². The summed E-state index contributed by atoms with van der Waals surface area (Å²) in [6.07, 6.45) is 1.22. The Morgan fingerprint density at radius 3 is 2.50 bits per heavy atom. The van der Waals surface area contributed by atoms with Gasteiger partial charge in [-0.1, -0.05) is 17.7 Å². The largest absolute Gasteiger partial charge is 0.507 e. The third-order valence-electron chi connectivity index (χ3n) is 3.12. The molecule has 3 N–H and O–H groups in total. The lowest BCUT2D eigenvalue weighted by atomic mass is 10.2. The molecule has 0 saturated heterocycles. The van der Waals surface area contributed by atoms with E-state index in [1.54, 1.807) is 18.2 Å². The van der Waals surface area contributed by atoms with Crippen molar-refractivity contribution in [3.63, 3.8) is 0 Å². The fraction of sp³-hybridized carbons (Fsp3) is 0.118. The summed E-state index contributed by atoms with van der Waals surface area (Å²) in [5.41, 5.74) is 3.99. The molecule has 2 aromatic carbocycles. The van der Waals surface area contributed by atoms with Crippen molar-refractivity contribution in [3.8, 4) is 11.5 Å². The Morgan fingerprint density at radius 2 is 1.83 bits per heavy atom. The molecule has 0 fully saturated rings. The van der Waals surface area contributed by atoms with Gasteiger partial charge in [-0.2, -0.15) is 5.10 Å². The zero-order valence-electron chi connectivity index (χ0n) is 13.2. The van der Waals surface area contributed by atoms with Gasteiger partial charge in [0.05, 0.1) is 13.3 Å². The molecule has 0 aliphatic rings. The Morgan fingerprint density at radius 1 is 1.12 bits per heavy atom. The van der Waals surface area contributed by atoms with Crippen LogP contribution in [0.5, 0.6) is 11.5 Å². The molecule has 0 bridgehead atoms. The van der Waals surface area contributed by atoms with E-state index >= 15 is 0 Å². The third-order valence-corrected chi connectivity index (χ3v) is 3.12. The highest BCUT2D eigenvalue weighted by Crippen LogP contribution is 2.20. The fourth-order valence-electron chi connectivity index (χ4n) is 1.80. The number of phenols is 1. The summed E-state index contributed by atoms with van der Waals surface area (Å²) >= 11 is 0. The predicted octanol–water partition coefficient (Wildman–Crippen LogP) is 1.80. The molecule has 0 aromatic heterocycles. The number of ether oxygens (including phenoxy) is 1. The molecule has 2 rings (SSSR count). The fourth-order valence-corrected chi connectivity index (χ4v) is 1.80. The van der Waals surface area contributed by atoms with Crippen molar-refractivity contribution in [1.82, 2.24) is 5.43 Å². The molecule has 7 nitrogen and oxygen atoms in total. The number of nitrogens with zero attached hydrogens (tertiary/aromatic N) is 1. The number of nitrogens with one attached hydrogen (secondary N) is 2. The van der Waals surface area contributed by atoms with Gasteiger partial charge in [0.1, 0.15) is 11.5 Å². The average molecular weight is 327 g/mol. The molecule has 2 aromatic rings. The number of amides is 2. The van der Waals surface area contributed by atoms with Crippen molar-refractivity contribution in [3.05, 3.63) is 53.6 Å². The summed E-state index contributed by atoms with van der Waals surface area (Å²) in [6.45, 7) is 1.92. The molecule has 24 heavy (non-hydrogen) atoms. The number of carbonyl (C=O) groups is 2. The second kappa shape index (κ2) is 7.77. The number of aryl methyl sites for hydroxylation is 1. The smallest absolute Gasteiger partial charge is 0.329 e. The Labute approximate surface area is 139 Å². The second-order valence-corrected chi connectivity index (χ2v) is 4.94. The molecule has 124 valence electrons. The van der Waals surface area contributed by atoms with Crippen LogP contribution in [0.1, 0.15) is 11.1 Å². The molecule has 0 heterocycles. The normalized spacial score (nSPS) is 10.4. The molecular weight excluding hydrogens is 310 g/mol. The first-order valence-corrected chi connectivity index (χ1v) is 7.07. The van der Waals surface area contributed by atoms with Crippen LogP contribution in [0.25, 0.3) is 0 Å². The maximum Gasteiger partial charge on any atom is 0.329 e. The van der Waals surface area contributed by atoms with E-state index < -0.39 is 11.8 Å². The average Bonchev–Trinajstić information content (AvgIpc) is 2.58. The summed E-state index contributed by atoms with van der Waals surface area (Å²) in [5.74, 6) is -1.27. The van der Waals surface area contributed by atoms with Crippen LogP contribution in [0.2, 0.25) is 0 Å². The van der Waals surface area contributed by atoms with Crippen LogP contribution in [-0.2, 0) is 9.59 Å². The molecular formula is C17H17N3O4. The second-order valence-electron chi connectivity index (χ2n) is 4.94. The minimum absolute atomic E-state index is 0.0297. The van der Waals surface area contributed by atoms with Crippen LogP contribution >= 0.6 is 0 Å². The maximum absolute atomic E-state index is 11.7. The molecule has 0 unspecified atom stereocenters. The molecule has 7 heteroatoms. The van der Waals surface area contributed by atoms with Gasteiger partial charge < -0.3 is 15.2 Å². The van der Waals surface area contributed by atoms with Gasteiger partial charge in [-0.25, -0.2) is 5.43 Å². The summed E-state index contributed by atoms with van der Waals surface area (Å²) < 4.78 is 5.03. The first kappa shape index (κ1) is 17.0. The number of anilines is 1. The van der Waals surface area contributed by atoms with Crippen LogP contribution < -0.4 is 15.5 Å². The Hall–Kier alpha value is -3.35. The minimum atomic E-state index is -0.922. The summed E-state index contributed by atoms with van der Waals surface area (Å²) in [7, 11) is 1.49. The highest BCUT2D eigenvalue weighted by atomic mass is 16.5. The molecule has 0 spiro atoms. The number of aromatic hydroxyl groups is 1. The standard InChI is InChI=1S/C17H17N3O4/c1-11-3-5-13(6-4-11)19-16(22)17(23)20-18-10-12-9-14(24-2)7-8-15(12)21/h3-10,21H,1-2H3,(H,19,22)(H,20,23)/b18-10-. The van der Waals surface area contributed by atoms with Crippen LogP contribution in [0.15, 0.2) is 47.6 Å². The van der Waals surface area contributed by atoms with E-state index in [2.05, 4.69) is 15.8 Å². The SMILES string of the molecule is COc1ccc(O)c(/C=N\NC(=O)C(=O)Nc2ccc(C)cc2)c1. The topological polar surface area (TPSA) is 100 Å². The van der Waals surface area contributed by atoms with Gasteiger partial charge >= 0.3 is 11.8 Å². The minimum Gasteiger partial charge on any atom is -0.507 e.